The second kappa shape index (κ2) is 12.3. The van der Waals surface area contributed by atoms with Gasteiger partial charge in [0, 0.05) is 32.5 Å². The van der Waals surface area contributed by atoms with Gasteiger partial charge in [-0.25, -0.2) is 0 Å². The second-order valence-electron chi connectivity index (χ2n) is 6.67. The summed E-state index contributed by atoms with van der Waals surface area (Å²) >= 11 is 0. The number of halogens is 3. The summed E-state index contributed by atoms with van der Waals surface area (Å²) in [5.74, 6) is -0.656. The van der Waals surface area contributed by atoms with Crippen molar-refractivity contribution in [2.75, 3.05) is 19.6 Å². The van der Waals surface area contributed by atoms with Gasteiger partial charge < -0.3 is 20.1 Å². The lowest BCUT2D eigenvalue weighted by molar-refractivity contribution is -0.274. The summed E-state index contributed by atoms with van der Waals surface area (Å²) in [4.78, 5) is 25.8. The van der Waals surface area contributed by atoms with E-state index in [9.17, 15) is 27.9 Å². The van der Waals surface area contributed by atoms with E-state index in [1.54, 1.807) is 4.90 Å². The Morgan fingerprint density at radius 3 is 2.21 bits per heavy atom. The van der Waals surface area contributed by atoms with E-state index < -0.39 is 12.5 Å². The maximum Gasteiger partial charge on any atom is 0.573 e. The summed E-state index contributed by atoms with van der Waals surface area (Å²) in [6, 6.07) is 4.79. The van der Waals surface area contributed by atoms with E-state index in [4.69, 9.17) is 0 Å². The van der Waals surface area contributed by atoms with Crippen molar-refractivity contribution in [3.05, 3.63) is 29.8 Å². The Morgan fingerprint density at radius 1 is 1.10 bits per heavy atom. The van der Waals surface area contributed by atoms with Gasteiger partial charge in [0.25, 0.3) is 0 Å². The SMILES string of the molecule is CCCN(CCC)C(=O)CCCC(=O)NCC(O)c1ccc(OC(F)(F)F)cc1. The Labute approximate surface area is 169 Å². The fourth-order valence-electron chi connectivity index (χ4n) is 2.77. The molecule has 0 aliphatic heterocycles. The number of nitrogens with one attached hydrogen (secondary N) is 1. The molecule has 1 aromatic carbocycles. The van der Waals surface area contributed by atoms with Gasteiger partial charge in [0.05, 0.1) is 6.10 Å². The average molecular weight is 418 g/mol. The summed E-state index contributed by atoms with van der Waals surface area (Å²) < 4.78 is 40.2. The lowest BCUT2D eigenvalue weighted by atomic mass is 10.1. The highest BCUT2D eigenvalue weighted by Gasteiger charge is 2.31. The van der Waals surface area contributed by atoms with Crippen molar-refractivity contribution in [1.82, 2.24) is 10.2 Å². The Balaban J connectivity index is 2.35. The number of alkyl halides is 3. The Bertz CT molecular complexity index is 630. The number of benzene rings is 1. The minimum Gasteiger partial charge on any atom is -0.406 e. The first-order chi connectivity index (χ1) is 13.7. The smallest absolute Gasteiger partial charge is 0.406 e. The summed E-state index contributed by atoms with van der Waals surface area (Å²) in [6.45, 7) is 5.34. The van der Waals surface area contributed by atoms with Gasteiger partial charge in [-0.05, 0) is 37.0 Å². The Hall–Kier alpha value is -2.29. The van der Waals surface area contributed by atoms with Crippen LogP contribution in [-0.4, -0.2) is 47.8 Å². The number of rotatable bonds is 12. The van der Waals surface area contributed by atoms with Crippen LogP contribution in [0.1, 0.15) is 57.6 Å². The van der Waals surface area contributed by atoms with Crippen molar-refractivity contribution in [3.63, 3.8) is 0 Å². The highest BCUT2D eigenvalue weighted by atomic mass is 19.4. The first-order valence-corrected chi connectivity index (χ1v) is 9.74. The summed E-state index contributed by atoms with van der Waals surface area (Å²) in [6.07, 6.45) is -3.22. The lowest BCUT2D eigenvalue weighted by Crippen LogP contribution is -2.33. The Kier molecular flexibility index (Phi) is 10.5. The van der Waals surface area contributed by atoms with Gasteiger partial charge in [-0.2, -0.15) is 0 Å². The van der Waals surface area contributed by atoms with E-state index >= 15 is 0 Å². The highest BCUT2D eigenvalue weighted by Crippen LogP contribution is 2.24. The molecule has 2 amide bonds. The molecule has 1 rings (SSSR count). The summed E-state index contributed by atoms with van der Waals surface area (Å²) in [7, 11) is 0. The maximum absolute atomic E-state index is 12.1. The summed E-state index contributed by atoms with van der Waals surface area (Å²) in [5, 5.41) is 12.6. The molecule has 0 radical (unpaired) electrons. The molecule has 0 saturated heterocycles. The van der Waals surface area contributed by atoms with Crippen LogP contribution in [0.5, 0.6) is 5.75 Å². The predicted molar refractivity (Wildman–Crippen MR) is 102 cm³/mol. The highest BCUT2D eigenvalue weighted by molar-refractivity contribution is 5.79. The average Bonchev–Trinajstić information content (AvgIpc) is 2.65. The van der Waals surface area contributed by atoms with Crippen LogP contribution in [0, 0.1) is 0 Å². The third-order valence-electron chi connectivity index (χ3n) is 4.13. The molecular formula is C20H29F3N2O4. The second-order valence-corrected chi connectivity index (χ2v) is 6.67. The van der Waals surface area contributed by atoms with Crippen LogP contribution in [-0.2, 0) is 9.59 Å². The molecule has 6 nitrogen and oxygen atoms in total. The molecule has 9 heteroatoms. The molecular weight excluding hydrogens is 389 g/mol. The molecule has 0 spiro atoms. The number of ether oxygens (including phenoxy) is 1. The molecule has 0 bridgehead atoms. The lowest BCUT2D eigenvalue weighted by Gasteiger charge is -2.21. The van der Waals surface area contributed by atoms with Crippen LogP contribution >= 0.6 is 0 Å². The van der Waals surface area contributed by atoms with Gasteiger partial charge >= 0.3 is 6.36 Å². The number of hydrogen-bond donors (Lipinski definition) is 2. The fraction of sp³-hybridized carbons (Fsp3) is 0.600. The van der Waals surface area contributed by atoms with Crippen molar-refractivity contribution in [1.29, 1.82) is 0 Å². The number of amides is 2. The molecule has 0 aliphatic rings. The normalized spacial score (nSPS) is 12.3. The predicted octanol–water partition coefficient (Wildman–Crippen LogP) is 3.55. The first kappa shape index (κ1) is 24.7. The number of carbonyl (C=O) groups excluding carboxylic acids is 2. The molecule has 1 unspecified atom stereocenters. The molecule has 164 valence electrons. The van der Waals surface area contributed by atoms with Crippen molar-refractivity contribution in [3.8, 4) is 5.75 Å². The molecule has 0 aliphatic carbocycles. The third-order valence-corrected chi connectivity index (χ3v) is 4.13. The fourth-order valence-corrected chi connectivity index (χ4v) is 2.77. The Morgan fingerprint density at radius 2 is 1.69 bits per heavy atom. The zero-order valence-electron chi connectivity index (χ0n) is 16.8. The van der Waals surface area contributed by atoms with Crippen LogP contribution in [0.4, 0.5) is 13.2 Å². The van der Waals surface area contributed by atoms with Gasteiger partial charge in [-0.3, -0.25) is 9.59 Å². The van der Waals surface area contributed by atoms with Gasteiger partial charge in [-0.1, -0.05) is 26.0 Å². The zero-order valence-corrected chi connectivity index (χ0v) is 16.8. The van der Waals surface area contributed by atoms with Gasteiger partial charge in [0.15, 0.2) is 0 Å². The van der Waals surface area contributed by atoms with E-state index in [1.807, 2.05) is 13.8 Å². The third kappa shape index (κ3) is 10.2. The van der Waals surface area contributed by atoms with E-state index in [-0.39, 0.29) is 37.0 Å². The van der Waals surface area contributed by atoms with Crippen LogP contribution < -0.4 is 10.1 Å². The van der Waals surface area contributed by atoms with Crippen LogP contribution in [0.2, 0.25) is 0 Å². The molecule has 1 atom stereocenters. The van der Waals surface area contributed by atoms with Crippen molar-refractivity contribution in [2.24, 2.45) is 0 Å². The molecule has 0 saturated carbocycles. The van der Waals surface area contributed by atoms with E-state index in [0.29, 0.717) is 25.1 Å². The molecule has 2 N–H and O–H groups in total. The largest absolute Gasteiger partial charge is 0.573 e. The standard InChI is InChI=1S/C20H29F3N2O4/c1-3-12-25(13-4-2)19(28)7-5-6-18(27)24-14-17(26)15-8-10-16(11-9-15)29-20(21,22)23/h8-11,17,26H,3-7,12-14H2,1-2H3,(H,24,27). The van der Waals surface area contributed by atoms with Crippen LogP contribution in [0.25, 0.3) is 0 Å². The van der Waals surface area contributed by atoms with Crippen molar-refractivity contribution in [2.45, 2.75) is 58.4 Å². The topological polar surface area (TPSA) is 78.9 Å². The molecule has 1 aromatic rings. The van der Waals surface area contributed by atoms with Crippen LogP contribution in [0.15, 0.2) is 24.3 Å². The van der Waals surface area contributed by atoms with E-state index in [0.717, 1.165) is 25.0 Å². The van der Waals surface area contributed by atoms with Gasteiger partial charge in [0.2, 0.25) is 11.8 Å². The number of nitrogens with zero attached hydrogens (tertiary/aromatic N) is 1. The number of hydrogen-bond acceptors (Lipinski definition) is 4. The number of carbonyl (C=O) groups is 2. The quantitative estimate of drug-likeness (QED) is 0.544. The zero-order chi connectivity index (χ0) is 21.9. The maximum atomic E-state index is 12.1. The van der Waals surface area contributed by atoms with Crippen molar-refractivity contribution < 1.29 is 32.6 Å². The number of aliphatic hydroxyl groups is 1. The van der Waals surface area contributed by atoms with E-state index in [2.05, 4.69) is 10.1 Å². The minimum absolute atomic E-state index is 0.0303. The molecule has 0 fully saturated rings. The van der Waals surface area contributed by atoms with Gasteiger partial charge in [-0.15, -0.1) is 13.2 Å². The van der Waals surface area contributed by atoms with E-state index in [1.165, 1.54) is 12.1 Å². The minimum atomic E-state index is -4.78. The van der Waals surface area contributed by atoms with Gasteiger partial charge in [0.1, 0.15) is 5.75 Å². The molecule has 0 heterocycles. The molecule has 0 aromatic heterocycles. The first-order valence-electron chi connectivity index (χ1n) is 9.74. The monoisotopic (exact) mass is 418 g/mol. The van der Waals surface area contributed by atoms with Crippen LogP contribution in [0.3, 0.4) is 0 Å². The summed E-state index contributed by atoms with van der Waals surface area (Å²) in [5.41, 5.74) is 0.352. The van der Waals surface area contributed by atoms with Crippen molar-refractivity contribution >= 4 is 11.8 Å². The number of aliphatic hydroxyl groups excluding tert-OH is 1. The molecule has 29 heavy (non-hydrogen) atoms.